The monoisotopic (exact) mass is 379 g/mol. The van der Waals surface area contributed by atoms with Crippen LogP contribution < -0.4 is 14.7 Å². The van der Waals surface area contributed by atoms with E-state index in [1.54, 1.807) is 4.52 Å². The highest BCUT2D eigenvalue weighted by Gasteiger charge is 2.22. The molecule has 3 aromatic heterocycles. The second kappa shape index (κ2) is 6.88. The zero-order chi connectivity index (χ0) is 19.1. The van der Waals surface area contributed by atoms with Gasteiger partial charge in [0, 0.05) is 51.0 Å². The molecule has 0 atom stereocenters. The normalized spacial score (nSPS) is 17.7. The fourth-order valence-corrected chi connectivity index (χ4v) is 3.98. The Kier molecular flexibility index (Phi) is 4.22. The lowest BCUT2D eigenvalue weighted by atomic mass is 10.3. The Balaban J connectivity index is 1.32. The van der Waals surface area contributed by atoms with Crippen LogP contribution in [0.15, 0.2) is 18.2 Å². The van der Waals surface area contributed by atoms with Crippen molar-refractivity contribution in [2.75, 3.05) is 54.0 Å². The number of fused-ring (bicyclic) bond motifs is 1. The Morgan fingerprint density at radius 1 is 0.750 bits per heavy atom. The van der Waals surface area contributed by atoms with Gasteiger partial charge in [0.15, 0.2) is 11.5 Å². The van der Waals surface area contributed by atoms with Crippen molar-refractivity contribution < 1.29 is 0 Å². The summed E-state index contributed by atoms with van der Waals surface area (Å²) in [6.45, 7) is 9.70. The maximum Gasteiger partial charge on any atom is 0.227 e. The average molecular weight is 379 g/mol. The molecule has 0 aromatic carbocycles. The molecule has 0 unspecified atom stereocenters. The molecule has 0 saturated carbocycles. The Bertz CT molecular complexity index is 984. The molecule has 3 aromatic rings. The van der Waals surface area contributed by atoms with E-state index >= 15 is 0 Å². The van der Waals surface area contributed by atoms with Gasteiger partial charge in [0.1, 0.15) is 11.6 Å². The highest BCUT2D eigenvalue weighted by Crippen LogP contribution is 2.23. The molecule has 0 aliphatic carbocycles. The predicted molar refractivity (Wildman–Crippen MR) is 108 cm³/mol. The first-order valence-electron chi connectivity index (χ1n) is 9.97. The van der Waals surface area contributed by atoms with Crippen LogP contribution in [0.2, 0.25) is 0 Å². The molecule has 28 heavy (non-hydrogen) atoms. The lowest BCUT2D eigenvalue weighted by Crippen LogP contribution is -2.47. The summed E-state index contributed by atoms with van der Waals surface area (Å²) in [6.07, 6.45) is 2.50. The van der Waals surface area contributed by atoms with E-state index in [1.165, 1.54) is 12.8 Å². The molecule has 0 radical (unpaired) electrons. The molecular weight excluding hydrogens is 354 g/mol. The quantitative estimate of drug-likeness (QED) is 0.677. The zero-order valence-electron chi connectivity index (χ0n) is 16.4. The van der Waals surface area contributed by atoms with Gasteiger partial charge in [0.2, 0.25) is 5.95 Å². The SMILES string of the molecule is Cc1cc(N2CCCC2)nc(N2CCN(c3ccc4nnc(C)n4n3)CC2)n1. The molecule has 5 rings (SSSR count). The van der Waals surface area contributed by atoms with Gasteiger partial charge in [-0.15, -0.1) is 15.3 Å². The van der Waals surface area contributed by atoms with Gasteiger partial charge in [0.05, 0.1) is 0 Å². The summed E-state index contributed by atoms with van der Waals surface area (Å²) in [5.41, 5.74) is 1.81. The summed E-state index contributed by atoms with van der Waals surface area (Å²) in [5.74, 6) is 3.67. The number of aromatic nitrogens is 6. The van der Waals surface area contributed by atoms with Crippen LogP contribution in [0.3, 0.4) is 0 Å². The van der Waals surface area contributed by atoms with E-state index in [-0.39, 0.29) is 0 Å². The molecular formula is C19H25N9. The van der Waals surface area contributed by atoms with E-state index < -0.39 is 0 Å². The fraction of sp³-hybridized carbons (Fsp3) is 0.526. The highest BCUT2D eigenvalue weighted by molar-refractivity contribution is 5.49. The topological polar surface area (TPSA) is 78.6 Å². The number of rotatable bonds is 3. The molecule has 9 heteroatoms. The van der Waals surface area contributed by atoms with E-state index in [2.05, 4.69) is 37.9 Å². The van der Waals surface area contributed by atoms with Gasteiger partial charge in [-0.3, -0.25) is 0 Å². The summed E-state index contributed by atoms with van der Waals surface area (Å²) in [6, 6.07) is 6.10. The summed E-state index contributed by atoms with van der Waals surface area (Å²) in [7, 11) is 0. The maximum atomic E-state index is 4.87. The van der Waals surface area contributed by atoms with Crippen molar-refractivity contribution in [2.45, 2.75) is 26.7 Å². The Labute approximate surface area is 164 Å². The number of nitrogens with zero attached hydrogens (tertiary/aromatic N) is 9. The van der Waals surface area contributed by atoms with Crippen LogP contribution in [0.1, 0.15) is 24.4 Å². The van der Waals surface area contributed by atoms with E-state index in [9.17, 15) is 0 Å². The van der Waals surface area contributed by atoms with Crippen LogP contribution >= 0.6 is 0 Å². The van der Waals surface area contributed by atoms with Gasteiger partial charge in [-0.1, -0.05) is 0 Å². The summed E-state index contributed by atoms with van der Waals surface area (Å²) in [5, 5.41) is 12.9. The molecule has 5 heterocycles. The van der Waals surface area contributed by atoms with Crippen molar-refractivity contribution in [3.8, 4) is 0 Å². The largest absolute Gasteiger partial charge is 0.356 e. The molecule has 2 aliphatic heterocycles. The zero-order valence-corrected chi connectivity index (χ0v) is 16.4. The van der Waals surface area contributed by atoms with Gasteiger partial charge in [-0.2, -0.15) is 9.50 Å². The van der Waals surface area contributed by atoms with E-state index in [0.29, 0.717) is 0 Å². The molecule has 0 amide bonds. The van der Waals surface area contributed by atoms with Gasteiger partial charge < -0.3 is 14.7 Å². The predicted octanol–water partition coefficient (Wildman–Crippen LogP) is 1.46. The second-order valence-corrected chi connectivity index (χ2v) is 7.54. The van der Waals surface area contributed by atoms with Gasteiger partial charge in [-0.05, 0) is 38.8 Å². The molecule has 0 N–H and O–H groups in total. The third kappa shape index (κ3) is 3.10. The number of hydrogen-bond donors (Lipinski definition) is 0. The minimum Gasteiger partial charge on any atom is -0.356 e. The number of hydrogen-bond acceptors (Lipinski definition) is 8. The van der Waals surface area contributed by atoms with E-state index in [4.69, 9.17) is 15.1 Å². The number of aryl methyl sites for hydroxylation is 2. The Hall–Kier alpha value is -2.97. The fourth-order valence-electron chi connectivity index (χ4n) is 3.98. The van der Waals surface area contributed by atoms with Gasteiger partial charge >= 0.3 is 0 Å². The van der Waals surface area contributed by atoms with E-state index in [0.717, 1.165) is 74.0 Å². The maximum absolute atomic E-state index is 4.87. The third-order valence-electron chi connectivity index (χ3n) is 5.55. The molecule has 2 saturated heterocycles. The summed E-state index contributed by atoms with van der Waals surface area (Å²) < 4.78 is 1.80. The van der Waals surface area contributed by atoms with Crippen LogP contribution in [0.4, 0.5) is 17.6 Å². The molecule has 2 aliphatic rings. The van der Waals surface area contributed by atoms with Crippen molar-refractivity contribution in [3.05, 3.63) is 29.7 Å². The Morgan fingerprint density at radius 2 is 1.46 bits per heavy atom. The smallest absolute Gasteiger partial charge is 0.227 e. The number of anilines is 3. The summed E-state index contributed by atoms with van der Waals surface area (Å²) >= 11 is 0. The van der Waals surface area contributed by atoms with Crippen molar-refractivity contribution in [1.82, 2.24) is 29.8 Å². The first kappa shape index (κ1) is 17.2. The minimum atomic E-state index is 0.780. The first-order chi connectivity index (χ1) is 13.7. The van der Waals surface area contributed by atoms with Crippen LogP contribution in [-0.4, -0.2) is 69.0 Å². The van der Waals surface area contributed by atoms with Crippen molar-refractivity contribution in [1.29, 1.82) is 0 Å². The van der Waals surface area contributed by atoms with Gasteiger partial charge in [-0.25, -0.2) is 4.98 Å². The van der Waals surface area contributed by atoms with Gasteiger partial charge in [0.25, 0.3) is 0 Å². The lowest BCUT2D eigenvalue weighted by Gasteiger charge is -2.35. The van der Waals surface area contributed by atoms with Crippen LogP contribution in [0.5, 0.6) is 0 Å². The molecule has 146 valence electrons. The average Bonchev–Trinajstić information content (AvgIpc) is 3.38. The number of piperazine rings is 1. The minimum absolute atomic E-state index is 0.780. The standard InChI is InChI=1S/C19H25N9/c1-14-13-18(25-7-3-4-8-25)21-19(20-14)27-11-9-26(10-12-27)17-6-5-16-23-22-15(2)28(16)24-17/h5-6,13H,3-4,7-12H2,1-2H3. The lowest BCUT2D eigenvalue weighted by molar-refractivity contribution is 0.627. The van der Waals surface area contributed by atoms with E-state index in [1.807, 2.05) is 19.1 Å². The molecule has 0 spiro atoms. The summed E-state index contributed by atoms with van der Waals surface area (Å²) in [4.78, 5) is 16.5. The highest BCUT2D eigenvalue weighted by atomic mass is 15.4. The second-order valence-electron chi connectivity index (χ2n) is 7.54. The third-order valence-corrected chi connectivity index (χ3v) is 5.55. The Morgan fingerprint density at radius 3 is 2.25 bits per heavy atom. The first-order valence-corrected chi connectivity index (χ1v) is 9.97. The van der Waals surface area contributed by atoms with Crippen LogP contribution in [0.25, 0.3) is 5.65 Å². The van der Waals surface area contributed by atoms with Crippen molar-refractivity contribution in [2.24, 2.45) is 0 Å². The van der Waals surface area contributed by atoms with Crippen LogP contribution in [-0.2, 0) is 0 Å². The molecule has 9 nitrogen and oxygen atoms in total. The van der Waals surface area contributed by atoms with Crippen LogP contribution in [0, 0.1) is 13.8 Å². The molecule has 2 fully saturated rings. The molecule has 0 bridgehead atoms. The van der Waals surface area contributed by atoms with Crippen molar-refractivity contribution >= 4 is 23.2 Å². The van der Waals surface area contributed by atoms with Crippen molar-refractivity contribution in [3.63, 3.8) is 0 Å².